The van der Waals surface area contributed by atoms with Crippen molar-refractivity contribution in [3.63, 3.8) is 0 Å². The topological polar surface area (TPSA) is 95.9 Å². The van der Waals surface area contributed by atoms with Gasteiger partial charge in [0.05, 0.1) is 18.4 Å². The molecule has 25 heavy (non-hydrogen) atoms. The number of carbonyl (C=O) groups is 1. The normalized spacial score (nSPS) is 10.7. The van der Waals surface area contributed by atoms with E-state index in [2.05, 4.69) is 15.1 Å². The first kappa shape index (κ1) is 16.6. The summed E-state index contributed by atoms with van der Waals surface area (Å²) in [5, 5.41) is 4.51. The van der Waals surface area contributed by atoms with Crippen molar-refractivity contribution in [2.45, 2.75) is 13.3 Å². The van der Waals surface area contributed by atoms with Gasteiger partial charge in [0.15, 0.2) is 0 Å². The summed E-state index contributed by atoms with van der Waals surface area (Å²) in [7, 11) is 3.23. The van der Waals surface area contributed by atoms with Gasteiger partial charge in [-0.3, -0.25) is 4.68 Å². The van der Waals surface area contributed by atoms with Gasteiger partial charge in [-0.15, -0.1) is 0 Å². The highest BCUT2D eigenvalue weighted by atomic mass is 16.5. The van der Waals surface area contributed by atoms with Crippen LogP contribution in [-0.4, -0.2) is 32.8 Å². The maximum atomic E-state index is 11.7. The fourth-order valence-corrected chi connectivity index (χ4v) is 2.74. The lowest BCUT2D eigenvalue weighted by molar-refractivity contribution is 0.0600. The number of rotatable bonds is 4. The van der Waals surface area contributed by atoms with Crippen LogP contribution >= 0.6 is 0 Å². The molecule has 0 aliphatic rings. The van der Waals surface area contributed by atoms with E-state index in [0.717, 1.165) is 22.5 Å². The minimum absolute atomic E-state index is 0.222. The van der Waals surface area contributed by atoms with Gasteiger partial charge in [-0.2, -0.15) is 5.10 Å². The summed E-state index contributed by atoms with van der Waals surface area (Å²) in [6, 6.07) is 9.20. The largest absolute Gasteiger partial charge is 0.465 e. The van der Waals surface area contributed by atoms with Crippen LogP contribution in [0.2, 0.25) is 0 Å². The van der Waals surface area contributed by atoms with Crippen molar-refractivity contribution in [3.8, 4) is 11.4 Å². The Bertz CT molecular complexity index is 913. The Morgan fingerprint density at radius 2 is 2.08 bits per heavy atom. The van der Waals surface area contributed by atoms with E-state index in [1.54, 1.807) is 10.7 Å². The standard InChI is InChI=1S/C18H19N5O2/c1-11-7-15(21-18(19)20-11)16-14(10-23(2)22-16)9-12-5-4-6-13(8-12)17(24)25-3/h4-8,10H,9H2,1-3H3,(H2,19,20,21). The fourth-order valence-electron chi connectivity index (χ4n) is 2.74. The van der Waals surface area contributed by atoms with Crippen LogP contribution in [0, 0.1) is 6.92 Å². The fraction of sp³-hybridized carbons (Fsp3) is 0.222. The molecule has 7 nitrogen and oxygen atoms in total. The van der Waals surface area contributed by atoms with Crippen LogP contribution in [0.3, 0.4) is 0 Å². The first-order valence-corrected chi connectivity index (χ1v) is 7.77. The van der Waals surface area contributed by atoms with Gasteiger partial charge in [-0.1, -0.05) is 12.1 Å². The molecule has 7 heteroatoms. The number of anilines is 1. The molecule has 0 aliphatic heterocycles. The van der Waals surface area contributed by atoms with E-state index in [0.29, 0.717) is 17.7 Å². The third kappa shape index (κ3) is 3.65. The zero-order valence-corrected chi connectivity index (χ0v) is 14.4. The monoisotopic (exact) mass is 337 g/mol. The molecule has 0 atom stereocenters. The first-order valence-electron chi connectivity index (χ1n) is 7.77. The van der Waals surface area contributed by atoms with E-state index < -0.39 is 0 Å². The Labute approximate surface area is 145 Å². The number of hydrogen-bond acceptors (Lipinski definition) is 6. The Kier molecular flexibility index (Phi) is 4.47. The average Bonchev–Trinajstić information content (AvgIpc) is 2.94. The Hall–Kier alpha value is -3.22. The van der Waals surface area contributed by atoms with Crippen LogP contribution in [0.4, 0.5) is 5.95 Å². The second-order valence-electron chi connectivity index (χ2n) is 5.80. The number of ether oxygens (including phenoxy) is 1. The molecule has 128 valence electrons. The summed E-state index contributed by atoms with van der Waals surface area (Å²) in [5.74, 6) is -0.133. The number of hydrogen-bond donors (Lipinski definition) is 1. The molecule has 0 unspecified atom stereocenters. The molecule has 0 spiro atoms. The molecule has 0 amide bonds. The van der Waals surface area contributed by atoms with E-state index in [4.69, 9.17) is 10.5 Å². The van der Waals surface area contributed by atoms with Crippen molar-refractivity contribution < 1.29 is 9.53 Å². The zero-order valence-electron chi connectivity index (χ0n) is 14.4. The summed E-state index contributed by atoms with van der Waals surface area (Å²) in [6.07, 6.45) is 2.55. The third-order valence-electron chi connectivity index (χ3n) is 3.76. The van der Waals surface area contributed by atoms with Crippen LogP contribution in [0.25, 0.3) is 11.4 Å². The minimum atomic E-state index is -0.354. The lowest BCUT2D eigenvalue weighted by Crippen LogP contribution is -2.02. The molecule has 0 bridgehead atoms. The van der Waals surface area contributed by atoms with Crippen LogP contribution < -0.4 is 5.73 Å². The summed E-state index contributed by atoms with van der Waals surface area (Å²) in [4.78, 5) is 20.1. The minimum Gasteiger partial charge on any atom is -0.465 e. The summed E-state index contributed by atoms with van der Waals surface area (Å²) < 4.78 is 6.52. The zero-order chi connectivity index (χ0) is 18.0. The van der Waals surface area contributed by atoms with Crippen LogP contribution in [-0.2, 0) is 18.2 Å². The number of nitrogens with zero attached hydrogens (tertiary/aromatic N) is 4. The van der Waals surface area contributed by atoms with Gasteiger partial charge in [-0.05, 0) is 30.7 Å². The molecule has 2 N–H and O–H groups in total. The first-order chi connectivity index (χ1) is 12.0. The van der Waals surface area contributed by atoms with Gasteiger partial charge < -0.3 is 10.5 Å². The van der Waals surface area contributed by atoms with Gasteiger partial charge in [-0.25, -0.2) is 14.8 Å². The van der Waals surface area contributed by atoms with Crippen molar-refractivity contribution in [2.24, 2.45) is 7.05 Å². The van der Waals surface area contributed by atoms with E-state index in [1.807, 2.05) is 44.4 Å². The molecule has 3 rings (SSSR count). The third-order valence-corrected chi connectivity index (χ3v) is 3.76. The molecular weight excluding hydrogens is 318 g/mol. The highest BCUT2D eigenvalue weighted by molar-refractivity contribution is 5.89. The predicted octanol–water partition coefficient (Wildman–Crippen LogP) is 2.15. The van der Waals surface area contributed by atoms with Gasteiger partial charge in [0.25, 0.3) is 0 Å². The number of nitrogen functional groups attached to an aromatic ring is 1. The Morgan fingerprint density at radius 1 is 1.28 bits per heavy atom. The predicted molar refractivity (Wildman–Crippen MR) is 94.0 cm³/mol. The molecule has 1 aromatic carbocycles. The Morgan fingerprint density at radius 3 is 2.80 bits per heavy atom. The van der Waals surface area contributed by atoms with E-state index in [1.165, 1.54) is 7.11 Å². The van der Waals surface area contributed by atoms with Gasteiger partial charge >= 0.3 is 5.97 Å². The summed E-state index contributed by atoms with van der Waals surface area (Å²) in [6.45, 7) is 1.87. The lowest BCUT2D eigenvalue weighted by atomic mass is 10.0. The maximum absolute atomic E-state index is 11.7. The van der Waals surface area contributed by atoms with Crippen LogP contribution in [0.1, 0.15) is 27.2 Å². The number of methoxy groups -OCH3 is 1. The average molecular weight is 337 g/mol. The lowest BCUT2D eigenvalue weighted by Gasteiger charge is -2.06. The number of carbonyl (C=O) groups excluding carboxylic acids is 1. The van der Waals surface area contributed by atoms with Crippen LogP contribution in [0.15, 0.2) is 36.5 Å². The number of esters is 1. The quantitative estimate of drug-likeness (QED) is 0.733. The number of aryl methyl sites for hydroxylation is 2. The number of aromatic nitrogens is 4. The summed E-state index contributed by atoms with van der Waals surface area (Å²) in [5.41, 5.74) is 10.5. The second-order valence-corrected chi connectivity index (χ2v) is 5.80. The van der Waals surface area contributed by atoms with Crippen molar-refractivity contribution >= 4 is 11.9 Å². The van der Waals surface area contributed by atoms with Crippen molar-refractivity contribution in [3.05, 3.63) is 58.9 Å². The molecule has 0 radical (unpaired) electrons. The van der Waals surface area contributed by atoms with E-state index in [-0.39, 0.29) is 11.9 Å². The molecule has 0 fully saturated rings. The second kappa shape index (κ2) is 6.72. The molecule has 0 saturated heterocycles. The van der Waals surface area contributed by atoms with Gasteiger partial charge in [0, 0.05) is 30.9 Å². The molecule has 2 aromatic heterocycles. The maximum Gasteiger partial charge on any atom is 0.337 e. The highest BCUT2D eigenvalue weighted by Gasteiger charge is 2.14. The van der Waals surface area contributed by atoms with Gasteiger partial charge in [0.2, 0.25) is 5.95 Å². The van der Waals surface area contributed by atoms with Crippen molar-refractivity contribution in [2.75, 3.05) is 12.8 Å². The van der Waals surface area contributed by atoms with Crippen molar-refractivity contribution in [1.29, 1.82) is 0 Å². The molecular formula is C18H19N5O2. The SMILES string of the molecule is COC(=O)c1cccc(Cc2cn(C)nc2-c2cc(C)nc(N)n2)c1. The molecule has 2 heterocycles. The smallest absolute Gasteiger partial charge is 0.337 e. The number of benzene rings is 1. The van der Waals surface area contributed by atoms with Crippen molar-refractivity contribution in [1.82, 2.24) is 19.7 Å². The van der Waals surface area contributed by atoms with E-state index in [9.17, 15) is 4.79 Å². The van der Waals surface area contributed by atoms with Crippen LogP contribution in [0.5, 0.6) is 0 Å². The molecule has 0 aliphatic carbocycles. The summed E-state index contributed by atoms with van der Waals surface area (Å²) >= 11 is 0. The highest BCUT2D eigenvalue weighted by Crippen LogP contribution is 2.24. The number of nitrogens with two attached hydrogens (primary N) is 1. The Balaban J connectivity index is 1.98. The van der Waals surface area contributed by atoms with E-state index >= 15 is 0 Å². The molecule has 3 aromatic rings. The molecule has 0 saturated carbocycles. The van der Waals surface area contributed by atoms with Gasteiger partial charge in [0.1, 0.15) is 5.69 Å².